The highest BCUT2D eigenvalue weighted by Gasteiger charge is 2.59. The number of aromatic nitrogens is 2. The van der Waals surface area contributed by atoms with Crippen molar-refractivity contribution in [3.63, 3.8) is 0 Å². The summed E-state index contributed by atoms with van der Waals surface area (Å²) >= 11 is 0. The standard InChI is InChI=1S/C25H34N4O2/c1-4-13-31-21-10-6-5-9-18(21)19-14-20(27-26-19)24(30)29-17-15-25(2)22(28(3)16-17)11-7-8-12-23(25)29/h5-6,9-10,14,17,22-23H,4,7-8,11-13,15-16H2,1-3H3,(H,26,27)/t17-,22+,23-,25+/m0/s1. The van der Waals surface area contributed by atoms with Crippen LogP contribution >= 0.6 is 0 Å². The molecule has 0 radical (unpaired) electrons. The van der Waals surface area contributed by atoms with E-state index in [9.17, 15) is 4.79 Å². The third-order valence-electron chi connectivity index (χ3n) is 7.83. The molecule has 0 unspecified atom stereocenters. The monoisotopic (exact) mass is 422 g/mol. The maximum Gasteiger partial charge on any atom is 0.272 e. The van der Waals surface area contributed by atoms with Crippen LogP contribution in [0.5, 0.6) is 5.75 Å². The van der Waals surface area contributed by atoms with Gasteiger partial charge in [-0.05, 0) is 50.9 Å². The Morgan fingerprint density at radius 2 is 2.03 bits per heavy atom. The fourth-order valence-corrected chi connectivity index (χ4v) is 6.51. The van der Waals surface area contributed by atoms with Gasteiger partial charge in [0, 0.05) is 35.6 Å². The highest BCUT2D eigenvalue weighted by atomic mass is 16.5. The fraction of sp³-hybridized carbons (Fsp3) is 0.600. The maximum absolute atomic E-state index is 13.8. The fourth-order valence-electron chi connectivity index (χ4n) is 6.51. The number of carbonyl (C=O) groups is 1. The van der Waals surface area contributed by atoms with Gasteiger partial charge in [-0.3, -0.25) is 9.89 Å². The Kier molecular flexibility index (Phi) is 5.29. The summed E-state index contributed by atoms with van der Waals surface area (Å²) in [6, 6.07) is 11.0. The number of fused-ring (bicyclic) bond motifs is 1. The molecule has 3 fully saturated rings. The number of likely N-dealkylation sites (N-methyl/N-ethyl adjacent to an activating group) is 1. The number of rotatable bonds is 5. The van der Waals surface area contributed by atoms with E-state index in [0.717, 1.165) is 42.8 Å². The first-order valence-electron chi connectivity index (χ1n) is 11.8. The molecule has 4 atom stereocenters. The first-order valence-corrected chi connectivity index (χ1v) is 11.8. The molecule has 2 saturated heterocycles. The molecular formula is C25H34N4O2. The average Bonchev–Trinajstić information content (AvgIpc) is 3.29. The van der Waals surface area contributed by atoms with Gasteiger partial charge in [-0.1, -0.05) is 38.8 Å². The van der Waals surface area contributed by atoms with E-state index in [1.54, 1.807) is 0 Å². The molecule has 5 rings (SSSR count). The Hall–Kier alpha value is -2.34. The molecule has 2 bridgehead atoms. The summed E-state index contributed by atoms with van der Waals surface area (Å²) in [5, 5.41) is 7.55. The molecule has 0 spiro atoms. The van der Waals surface area contributed by atoms with Gasteiger partial charge in [0.25, 0.3) is 5.91 Å². The zero-order valence-electron chi connectivity index (χ0n) is 18.9. The quantitative estimate of drug-likeness (QED) is 0.779. The minimum absolute atomic E-state index is 0.0976. The molecule has 1 amide bonds. The number of nitrogens with one attached hydrogen (secondary N) is 1. The highest BCUT2D eigenvalue weighted by Crippen LogP contribution is 2.53. The van der Waals surface area contributed by atoms with Crippen LogP contribution in [-0.4, -0.2) is 64.2 Å². The predicted molar refractivity (Wildman–Crippen MR) is 121 cm³/mol. The zero-order chi connectivity index (χ0) is 21.6. The smallest absolute Gasteiger partial charge is 0.272 e. The number of ether oxygens (including phenoxy) is 1. The van der Waals surface area contributed by atoms with Crippen molar-refractivity contribution < 1.29 is 9.53 Å². The number of H-pyrrole nitrogens is 1. The van der Waals surface area contributed by atoms with E-state index < -0.39 is 0 Å². The number of para-hydroxylation sites is 1. The van der Waals surface area contributed by atoms with Crippen molar-refractivity contribution in [1.29, 1.82) is 0 Å². The first kappa shape index (κ1) is 20.6. The van der Waals surface area contributed by atoms with E-state index >= 15 is 0 Å². The summed E-state index contributed by atoms with van der Waals surface area (Å²) in [5.41, 5.74) is 2.46. The molecule has 3 aliphatic rings. The number of hydrogen-bond donors (Lipinski definition) is 1. The third kappa shape index (κ3) is 3.36. The lowest BCUT2D eigenvalue weighted by Gasteiger charge is -2.44. The lowest BCUT2D eigenvalue weighted by molar-refractivity contribution is 0.0576. The predicted octanol–water partition coefficient (Wildman–Crippen LogP) is 4.34. The summed E-state index contributed by atoms with van der Waals surface area (Å²) in [6.07, 6.45) is 6.89. The molecule has 6 heteroatoms. The molecule has 2 aromatic rings. The number of aromatic amines is 1. The zero-order valence-corrected chi connectivity index (χ0v) is 18.9. The lowest BCUT2D eigenvalue weighted by Crippen LogP contribution is -2.51. The van der Waals surface area contributed by atoms with Crippen molar-refractivity contribution >= 4 is 5.91 Å². The number of nitrogens with zero attached hydrogens (tertiary/aromatic N) is 3. The van der Waals surface area contributed by atoms with Crippen LogP contribution in [0.3, 0.4) is 0 Å². The molecule has 3 heterocycles. The lowest BCUT2D eigenvalue weighted by atomic mass is 9.71. The minimum Gasteiger partial charge on any atom is -0.493 e. The van der Waals surface area contributed by atoms with Gasteiger partial charge < -0.3 is 14.5 Å². The van der Waals surface area contributed by atoms with E-state index in [-0.39, 0.29) is 17.4 Å². The SMILES string of the molecule is CCCOc1ccccc1-c1cc(C(=O)N2[C@@H]3CN(C)[C@@H]4CCCC[C@H]2[C@]4(C)C3)[nH]n1. The highest BCUT2D eigenvalue weighted by molar-refractivity contribution is 5.94. The molecule has 1 aromatic carbocycles. The molecule has 6 nitrogen and oxygen atoms in total. The van der Waals surface area contributed by atoms with Crippen molar-refractivity contribution in [3.8, 4) is 17.0 Å². The van der Waals surface area contributed by atoms with Crippen molar-refractivity contribution in [2.75, 3.05) is 20.2 Å². The van der Waals surface area contributed by atoms with Gasteiger partial charge in [0.15, 0.2) is 0 Å². The molecule has 1 aromatic heterocycles. The van der Waals surface area contributed by atoms with Gasteiger partial charge in [-0.2, -0.15) is 5.10 Å². The summed E-state index contributed by atoms with van der Waals surface area (Å²) in [4.78, 5) is 18.5. The molecule has 1 aliphatic carbocycles. The Morgan fingerprint density at radius 3 is 2.84 bits per heavy atom. The van der Waals surface area contributed by atoms with E-state index in [1.807, 2.05) is 30.3 Å². The van der Waals surface area contributed by atoms with Gasteiger partial charge in [0.2, 0.25) is 0 Å². The van der Waals surface area contributed by atoms with E-state index in [4.69, 9.17) is 4.74 Å². The second-order valence-corrected chi connectivity index (χ2v) is 9.84. The molecular weight excluding hydrogens is 388 g/mol. The summed E-state index contributed by atoms with van der Waals surface area (Å²) < 4.78 is 5.91. The van der Waals surface area contributed by atoms with Crippen LogP contribution in [0.1, 0.15) is 62.9 Å². The minimum atomic E-state index is 0.0976. The van der Waals surface area contributed by atoms with E-state index in [1.165, 1.54) is 19.3 Å². The van der Waals surface area contributed by atoms with Gasteiger partial charge >= 0.3 is 0 Å². The number of likely N-dealkylation sites (tertiary alicyclic amines) is 2. The number of amides is 1. The molecule has 1 saturated carbocycles. The van der Waals surface area contributed by atoms with Crippen LogP contribution in [0.4, 0.5) is 0 Å². The Bertz CT molecular complexity index is 957. The van der Waals surface area contributed by atoms with Crippen LogP contribution in [-0.2, 0) is 0 Å². The van der Waals surface area contributed by atoms with Gasteiger partial charge in [-0.25, -0.2) is 0 Å². The van der Waals surface area contributed by atoms with Crippen LogP contribution in [0.25, 0.3) is 11.3 Å². The van der Waals surface area contributed by atoms with Gasteiger partial charge in [0.05, 0.1) is 12.3 Å². The summed E-state index contributed by atoms with van der Waals surface area (Å²) in [6.45, 7) is 6.15. The van der Waals surface area contributed by atoms with Crippen molar-refractivity contribution in [2.45, 2.75) is 70.5 Å². The molecule has 166 valence electrons. The van der Waals surface area contributed by atoms with E-state index in [2.05, 4.69) is 40.9 Å². The number of benzene rings is 1. The van der Waals surface area contributed by atoms with E-state index in [0.29, 0.717) is 24.4 Å². The van der Waals surface area contributed by atoms with Gasteiger partial charge in [0.1, 0.15) is 11.4 Å². The Labute approximate surface area is 185 Å². The van der Waals surface area contributed by atoms with Crippen molar-refractivity contribution in [3.05, 3.63) is 36.0 Å². The largest absolute Gasteiger partial charge is 0.493 e. The summed E-state index contributed by atoms with van der Waals surface area (Å²) in [5.74, 6) is 0.910. The van der Waals surface area contributed by atoms with Crippen LogP contribution < -0.4 is 4.74 Å². The normalized spacial score (nSPS) is 30.3. The molecule has 2 aliphatic heterocycles. The average molecular weight is 423 g/mol. The first-order chi connectivity index (χ1) is 15.0. The van der Waals surface area contributed by atoms with Crippen molar-refractivity contribution in [2.24, 2.45) is 5.41 Å². The maximum atomic E-state index is 13.8. The topological polar surface area (TPSA) is 61.5 Å². The molecule has 1 N–H and O–H groups in total. The second kappa shape index (κ2) is 7.97. The van der Waals surface area contributed by atoms with Crippen LogP contribution in [0.15, 0.2) is 30.3 Å². The van der Waals surface area contributed by atoms with Crippen molar-refractivity contribution in [1.82, 2.24) is 20.0 Å². The Morgan fingerprint density at radius 1 is 1.26 bits per heavy atom. The van der Waals surface area contributed by atoms with Gasteiger partial charge in [-0.15, -0.1) is 0 Å². The Balaban J connectivity index is 1.44. The number of piperidine rings is 1. The second-order valence-electron chi connectivity index (χ2n) is 9.84. The number of carbonyl (C=O) groups excluding carboxylic acids is 1. The number of hydrogen-bond acceptors (Lipinski definition) is 4. The third-order valence-corrected chi connectivity index (χ3v) is 7.83. The van der Waals surface area contributed by atoms with Crippen LogP contribution in [0.2, 0.25) is 0 Å². The van der Waals surface area contributed by atoms with Crippen LogP contribution in [0, 0.1) is 5.41 Å². The summed E-state index contributed by atoms with van der Waals surface area (Å²) in [7, 11) is 2.24. The molecule has 31 heavy (non-hydrogen) atoms.